The molecule has 0 aliphatic heterocycles. The highest BCUT2D eigenvalue weighted by Gasteiger charge is 2.30. The van der Waals surface area contributed by atoms with E-state index in [-0.39, 0.29) is 13.1 Å². The predicted molar refractivity (Wildman–Crippen MR) is 77.5 cm³/mol. The topological polar surface area (TPSA) is 57.6 Å². The molecule has 22 heavy (non-hydrogen) atoms. The molecule has 0 spiro atoms. The summed E-state index contributed by atoms with van der Waals surface area (Å²) in [5, 5.41) is 9.07. The quantitative estimate of drug-likeness (QED) is 0.884. The van der Waals surface area contributed by atoms with Gasteiger partial charge in [-0.2, -0.15) is 4.31 Å². The van der Waals surface area contributed by atoms with Crippen molar-refractivity contribution in [2.24, 2.45) is 0 Å². The molecular weight excluding hydrogens is 312 g/mol. The molecule has 0 bridgehead atoms. The van der Waals surface area contributed by atoms with E-state index in [4.69, 9.17) is 5.11 Å². The van der Waals surface area contributed by atoms with Crippen molar-refractivity contribution in [1.82, 2.24) is 4.31 Å². The first-order valence-corrected chi connectivity index (χ1v) is 7.99. The highest BCUT2D eigenvalue weighted by Crippen LogP contribution is 2.23. The minimum atomic E-state index is -4.40. The molecule has 2 aromatic rings. The molecule has 0 aliphatic carbocycles. The second kappa shape index (κ2) is 6.95. The SMILES string of the molecule is O=S(=O)(c1c(F)cccc1F)N(CCO)Cc1ccccc1. The van der Waals surface area contributed by atoms with Crippen LogP contribution in [0.15, 0.2) is 53.4 Å². The number of aliphatic hydroxyl groups is 1. The summed E-state index contributed by atoms with van der Waals surface area (Å²) < 4.78 is 53.4. The van der Waals surface area contributed by atoms with Crippen molar-refractivity contribution in [3.63, 3.8) is 0 Å². The number of hydrogen-bond acceptors (Lipinski definition) is 3. The minimum Gasteiger partial charge on any atom is -0.395 e. The summed E-state index contributed by atoms with van der Waals surface area (Å²) in [5.41, 5.74) is 0.649. The van der Waals surface area contributed by atoms with Crippen LogP contribution in [0, 0.1) is 11.6 Å². The van der Waals surface area contributed by atoms with Gasteiger partial charge in [-0.05, 0) is 17.7 Å². The molecule has 0 aliphatic rings. The Kier molecular flexibility index (Phi) is 5.23. The summed E-state index contributed by atoms with van der Waals surface area (Å²) in [5.74, 6) is -2.31. The molecule has 0 unspecified atom stereocenters. The first-order chi connectivity index (χ1) is 10.5. The van der Waals surface area contributed by atoms with Crippen LogP contribution in [-0.4, -0.2) is 31.0 Å². The molecule has 0 radical (unpaired) electrons. The van der Waals surface area contributed by atoms with E-state index in [1.807, 2.05) is 0 Å². The van der Waals surface area contributed by atoms with E-state index in [1.165, 1.54) is 0 Å². The molecule has 0 heterocycles. The monoisotopic (exact) mass is 327 g/mol. The van der Waals surface area contributed by atoms with Crippen molar-refractivity contribution in [1.29, 1.82) is 0 Å². The highest BCUT2D eigenvalue weighted by molar-refractivity contribution is 7.89. The fourth-order valence-electron chi connectivity index (χ4n) is 2.04. The molecule has 1 N–H and O–H groups in total. The Morgan fingerprint density at radius 2 is 1.55 bits per heavy atom. The fraction of sp³-hybridized carbons (Fsp3) is 0.200. The lowest BCUT2D eigenvalue weighted by Gasteiger charge is -2.22. The summed E-state index contributed by atoms with van der Waals surface area (Å²) in [6.07, 6.45) is 0. The van der Waals surface area contributed by atoms with E-state index in [0.29, 0.717) is 5.56 Å². The highest BCUT2D eigenvalue weighted by atomic mass is 32.2. The van der Waals surface area contributed by atoms with E-state index in [0.717, 1.165) is 22.5 Å². The van der Waals surface area contributed by atoms with Gasteiger partial charge in [0.05, 0.1) is 6.61 Å². The number of benzene rings is 2. The Balaban J connectivity index is 2.42. The normalized spacial score (nSPS) is 11.8. The summed E-state index contributed by atoms with van der Waals surface area (Å²) >= 11 is 0. The number of nitrogens with zero attached hydrogens (tertiary/aromatic N) is 1. The maximum absolute atomic E-state index is 13.8. The third-order valence-electron chi connectivity index (χ3n) is 3.07. The van der Waals surface area contributed by atoms with Gasteiger partial charge in [-0.3, -0.25) is 0 Å². The van der Waals surface area contributed by atoms with Gasteiger partial charge in [-0.1, -0.05) is 36.4 Å². The van der Waals surface area contributed by atoms with Gasteiger partial charge in [0.2, 0.25) is 10.0 Å². The second-order valence-electron chi connectivity index (χ2n) is 4.60. The van der Waals surface area contributed by atoms with Crippen LogP contribution in [0.3, 0.4) is 0 Å². The molecule has 4 nitrogen and oxygen atoms in total. The van der Waals surface area contributed by atoms with Crippen molar-refractivity contribution in [2.75, 3.05) is 13.2 Å². The third-order valence-corrected chi connectivity index (χ3v) is 4.97. The Morgan fingerprint density at radius 3 is 2.09 bits per heavy atom. The first kappa shape index (κ1) is 16.5. The van der Waals surface area contributed by atoms with Gasteiger partial charge in [0, 0.05) is 13.1 Å². The zero-order valence-corrected chi connectivity index (χ0v) is 12.4. The molecule has 118 valence electrons. The van der Waals surface area contributed by atoms with Gasteiger partial charge in [-0.15, -0.1) is 0 Å². The largest absolute Gasteiger partial charge is 0.395 e. The number of sulfonamides is 1. The van der Waals surface area contributed by atoms with Gasteiger partial charge < -0.3 is 5.11 Å². The van der Waals surface area contributed by atoms with Crippen LogP contribution in [0.25, 0.3) is 0 Å². The van der Waals surface area contributed by atoms with Crippen molar-refractivity contribution in [3.05, 3.63) is 65.7 Å². The molecule has 0 aromatic heterocycles. The van der Waals surface area contributed by atoms with Crippen molar-refractivity contribution in [3.8, 4) is 0 Å². The number of halogens is 2. The predicted octanol–water partition coefficient (Wildman–Crippen LogP) is 2.15. The summed E-state index contributed by atoms with van der Waals surface area (Å²) in [4.78, 5) is -1.00. The zero-order valence-electron chi connectivity index (χ0n) is 11.6. The second-order valence-corrected chi connectivity index (χ2v) is 6.47. The van der Waals surface area contributed by atoms with E-state index in [1.54, 1.807) is 30.3 Å². The molecule has 2 rings (SSSR count). The lowest BCUT2D eigenvalue weighted by molar-refractivity contribution is 0.250. The van der Waals surface area contributed by atoms with E-state index in [9.17, 15) is 17.2 Å². The van der Waals surface area contributed by atoms with Crippen LogP contribution < -0.4 is 0 Å². The van der Waals surface area contributed by atoms with Gasteiger partial charge in [0.1, 0.15) is 11.6 Å². The van der Waals surface area contributed by atoms with Crippen LogP contribution in [0.5, 0.6) is 0 Å². The van der Waals surface area contributed by atoms with Crippen LogP contribution in [0.2, 0.25) is 0 Å². The van der Waals surface area contributed by atoms with Crippen LogP contribution in [0.1, 0.15) is 5.56 Å². The van der Waals surface area contributed by atoms with Crippen molar-refractivity contribution in [2.45, 2.75) is 11.4 Å². The van der Waals surface area contributed by atoms with E-state index < -0.39 is 33.2 Å². The number of aliphatic hydroxyl groups excluding tert-OH is 1. The summed E-state index contributed by atoms with van der Waals surface area (Å²) in [7, 11) is -4.40. The van der Waals surface area contributed by atoms with Crippen LogP contribution >= 0.6 is 0 Å². The Hall–Kier alpha value is -1.83. The molecule has 0 atom stereocenters. The van der Waals surface area contributed by atoms with Gasteiger partial charge in [-0.25, -0.2) is 17.2 Å². The zero-order chi connectivity index (χ0) is 16.2. The average Bonchev–Trinajstić information content (AvgIpc) is 2.47. The standard InChI is InChI=1S/C15H15F2NO3S/c16-13-7-4-8-14(17)15(13)22(20,21)18(9-10-19)11-12-5-2-1-3-6-12/h1-8,19H,9-11H2. The summed E-state index contributed by atoms with van der Waals surface area (Å²) in [6.45, 7) is -0.801. The van der Waals surface area contributed by atoms with Crippen LogP contribution in [0.4, 0.5) is 8.78 Å². The maximum atomic E-state index is 13.8. The fourth-order valence-corrected chi connectivity index (χ4v) is 3.57. The minimum absolute atomic E-state index is 0.0858. The summed E-state index contributed by atoms with van der Waals surface area (Å²) in [6, 6.07) is 11.5. The lowest BCUT2D eigenvalue weighted by atomic mass is 10.2. The average molecular weight is 327 g/mol. The molecule has 2 aromatic carbocycles. The first-order valence-electron chi connectivity index (χ1n) is 6.55. The Labute approximate surface area is 127 Å². The maximum Gasteiger partial charge on any atom is 0.249 e. The number of hydrogen-bond donors (Lipinski definition) is 1. The Morgan fingerprint density at radius 1 is 0.955 bits per heavy atom. The van der Waals surface area contributed by atoms with Crippen molar-refractivity contribution < 1.29 is 22.3 Å². The molecule has 0 saturated heterocycles. The van der Waals surface area contributed by atoms with E-state index in [2.05, 4.69) is 0 Å². The Bertz CT molecular complexity index is 715. The van der Waals surface area contributed by atoms with Gasteiger partial charge in [0.25, 0.3) is 0 Å². The molecule has 0 fully saturated rings. The number of rotatable bonds is 6. The molecule has 7 heteroatoms. The van der Waals surface area contributed by atoms with Gasteiger partial charge >= 0.3 is 0 Å². The van der Waals surface area contributed by atoms with E-state index >= 15 is 0 Å². The molecule has 0 amide bonds. The molecule has 0 saturated carbocycles. The molecular formula is C15H15F2NO3S. The lowest BCUT2D eigenvalue weighted by Crippen LogP contribution is -2.34. The van der Waals surface area contributed by atoms with Crippen molar-refractivity contribution >= 4 is 10.0 Å². The van der Waals surface area contributed by atoms with Crippen LogP contribution in [-0.2, 0) is 16.6 Å². The van der Waals surface area contributed by atoms with Gasteiger partial charge in [0.15, 0.2) is 4.90 Å². The smallest absolute Gasteiger partial charge is 0.249 e. The third kappa shape index (κ3) is 3.49.